The molecule has 2 aromatic heterocycles. The van der Waals surface area contributed by atoms with Gasteiger partial charge in [0.25, 0.3) is 5.52 Å². The minimum absolute atomic E-state index is 0.946. The van der Waals surface area contributed by atoms with Crippen LogP contribution in [-0.4, -0.2) is 0 Å². The number of aromatic nitrogens is 1. The summed E-state index contributed by atoms with van der Waals surface area (Å²) in [6.45, 7) is 0. The highest BCUT2D eigenvalue weighted by atomic mass is 127. The number of halogens is 1. The van der Waals surface area contributed by atoms with E-state index in [1.165, 1.54) is 25.4 Å². The lowest BCUT2D eigenvalue weighted by Gasteiger charge is -2.00. The van der Waals surface area contributed by atoms with Crippen LogP contribution in [0.1, 0.15) is 0 Å². The molecule has 0 N–H and O–H groups in total. The summed E-state index contributed by atoms with van der Waals surface area (Å²) >= 11 is 2.38. The van der Waals surface area contributed by atoms with E-state index in [2.05, 4.69) is 70.6 Å². The molecular weight excluding hydrogens is 349 g/mol. The van der Waals surface area contributed by atoms with Crippen LogP contribution in [0.3, 0.4) is 0 Å². The summed E-state index contributed by atoms with van der Waals surface area (Å²) in [5, 5.41) is 2.40. The maximum atomic E-state index is 6.04. The number of rotatable bonds is 0. The van der Waals surface area contributed by atoms with Crippen LogP contribution in [0.15, 0.2) is 52.9 Å². The van der Waals surface area contributed by atoms with Crippen molar-refractivity contribution in [2.75, 3.05) is 0 Å². The third-order valence-electron chi connectivity index (χ3n) is 3.61. The van der Waals surface area contributed by atoms with E-state index in [0.29, 0.717) is 0 Å². The molecule has 2 nitrogen and oxygen atoms in total. The smallest absolute Gasteiger partial charge is 0.260 e. The molecule has 0 bridgehead atoms. The van der Waals surface area contributed by atoms with Crippen molar-refractivity contribution in [3.8, 4) is 0 Å². The van der Waals surface area contributed by atoms with Gasteiger partial charge in [0.15, 0.2) is 0 Å². The standard InChI is InChI=1S/C16H11INO/c1-18-12-8-4-2-6-10(12)14(17)16-15(18)11-7-3-5-9-13(11)19-16/h2-9H,1H3/q+1. The minimum Gasteiger partial charge on any atom is -0.448 e. The minimum atomic E-state index is 0.946. The Bertz CT molecular complexity index is 940. The van der Waals surface area contributed by atoms with E-state index in [4.69, 9.17) is 4.42 Å². The molecule has 0 aliphatic heterocycles. The lowest BCUT2D eigenvalue weighted by Crippen LogP contribution is -2.30. The molecule has 0 fully saturated rings. The molecule has 0 amide bonds. The van der Waals surface area contributed by atoms with Crippen molar-refractivity contribution in [3.63, 3.8) is 0 Å². The van der Waals surface area contributed by atoms with E-state index >= 15 is 0 Å². The van der Waals surface area contributed by atoms with Gasteiger partial charge >= 0.3 is 0 Å². The second-order valence-electron chi connectivity index (χ2n) is 4.67. The Morgan fingerprint density at radius 2 is 1.63 bits per heavy atom. The average Bonchev–Trinajstić information content (AvgIpc) is 2.84. The van der Waals surface area contributed by atoms with Crippen LogP contribution in [-0.2, 0) is 7.05 Å². The number of nitrogens with zero attached hydrogens (tertiary/aromatic N) is 1. The molecule has 0 atom stereocenters. The number of hydrogen-bond donors (Lipinski definition) is 0. The zero-order valence-electron chi connectivity index (χ0n) is 10.4. The molecule has 19 heavy (non-hydrogen) atoms. The number of benzene rings is 2. The summed E-state index contributed by atoms with van der Waals surface area (Å²) < 4.78 is 9.44. The fourth-order valence-electron chi connectivity index (χ4n) is 2.71. The molecule has 0 radical (unpaired) electrons. The molecule has 2 aromatic carbocycles. The Morgan fingerprint density at radius 3 is 2.47 bits per heavy atom. The van der Waals surface area contributed by atoms with Crippen molar-refractivity contribution in [1.82, 2.24) is 0 Å². The normalized spacial score (nSPS) is 11.7. The van der Waals surface area contributed by atoms with Crippen molar-refractivity contribution < 1.29 is 8.98 Å². The topological polar surface area (TPSA) is 17.0 Å². The lowest BCUT2D eigenvalue weighted by atomic mass is 10.1. The molecule has 3 heteroatoms. The van der Waals surface area contributed by atoms with Gasteiger partial charge in [0.05, 0.1) is 14.3 Å². The lowest BCUT2D eigenvalue weighted by molar-refractivity contribution is -0.617. The predicted octanol–water partition coefficient (Wildman–Crippen LogP) is 4.17. The van der Waals surface area contributed by atoms with Crippen LogP contribution in [0, 0.1) is 3.57 Å². The van der Waals surface area contributed by atoms with E-state index in [1.807, 2.05) is 12.1 Å². The third-order valence-corrected chi connectivity index (χ3v) is 4.68. The zero-order valence-corrected chi connectivity index (χ0v) is 12.5. The van der Waals surface area contributed by atoms with E-state index in [9.17, 15) is 0 Å². The summed E-state index contributed by atoms with van der Waals surface area (Å²) in [4.78, 5) is 0. The first-order chi connectivity index (χ1) is 9.27. The van der Waals surface area contributed by atoms with Crippen LogP contribution >= 0.6 is 22.6 Å². The fraction of sp³-hybridized carbons (Fsp3) is 0.0625. The van der Waals surface area contributed by atoms with E-state index in [0.717, 1.165) is 11.2 Å². The van der Waals surface area contributed by atoms with Gasteiger partial charge in [-0.3, -0.25) is 0 Å². The van der Waals surface area contributed by atoms with Gasteiger partial charge in [0.1, 0.15) is 12.6 Å². The SMILES string of the molecule is C[n+]1c2ccccc2c(I)c2oc3ccccc3c21. The first-order valence-corrected chi connectivity index (χ1v) is 7.23. The van der Waals surface area contributed by atoms with Crippen molar-refractivity contribution in [3.05, 3.63) is 52.1 Å². The van der Waals surface area contributed by atoms with E-state index < -0.39 is 0 Å². The van der Waals surface area contributed by atoms with Gasteiger partial charge in [-0.25, -0.2) is 0 Å². The van der Waals surface area contributed by atoms with Gasteiger partial charge in [-0.2, -0.15) is 4.57 Å². The highest BCUT2D eigenvalue weighted by Crippen LogP contribution is 2.32. The maximum absolute atomic E-state index is 6.04. The first-order valence-electron chi connectivity index (χ1n) is 6.15. The Morgan fingerprint density at radius 1 is 0.947 bits per heavy atom. The van der Waals surface area contributed by atoms with Crippen LogP contribution in [0.25, 0.3) is 33.0 Å². The molecule has 0 saturated carbocycles. The van der Waals surface area contributed by atoms with Crippen LogP contribution in [0.5, 0.6) is 0 Å². The molecule has 2 heterocycles. The fourth-order valence-corrected chi connectivity index (χ4v) is 3.53. The van der Waals surface area contributed by atoms with Crippen molar-refractivity contribution in [1.29, 1.82) is 0 Å². The number of furan rings is 1. The highest BCUT2D eigenvalue weighted by molar-refractivity contribution is 14.1. The summed E-state index contributed by atoms with van der Waals surface area (Å²) in [5.74, 6) is 0. The largest absolute Gasteiger partial charge is 0.448 e. The quantitative estimate of drug-likeness (QED) is 0.340. The third kappa shape index (κ3) is 1.45. The van der Waals surface area contributed by atoms with Crippen LogP contribution in [0.2, 0.25) is 0 Å². The summed E-state index contributed by atoms with van der Waals surface area (Å²) in [6.07, 6.45) is 0. The summed E-state index contributed by atoms with van der Waals surface area (Å²) in [6, 6.07) is 16.6. The van der Waals surface area contributed by atoms with Gasteiger partial charge in [0.2, 0.25) is 11.1 Å². The van der Waals surface area contributed by atoms with Gasteiger partial charge in [-0.15, -0.1) is 0 Å². The van der Waals surface area contributed by atoms with Gasteiger partial charge in [0, 0.05) is 6.07 Å². The molecule has 0 saturated heterocycles. The van der Waals surface area contributed by atoms with Gasteiger partial charge in [-0.1, -0.05) is 24.3 Å². The molecule has 0 unspecified atom stereocenters. The van der Waals surface area contributed by atoms with Crippen molar-refractivity contribution >= 4 is 55.6 Å². The Balaban J connectivity index is 2.39. The molecule has 0 aliphatic carbocycles. The number of aryl methyl sites for hydroxylation is 1. The van der Waals surface area contributed by atoms with Gasteiger partial charge < -0.3 is 4.42 Å². The highest BCUT2D eigenvalue weighted by Gasteiger charge is 2.22. The summed E-state index contributed by atoms with van der Waals surface area (Å²) in [5.41, 5.74) is 4.31. The van der Waals surface area contributed by atoms with Gasteiger partial charge in [-0.05, 0) is 40.8 Å². The van der Waals surface area contributed by atoms with Crippen molar-refractivity contribution in [2.45, 2.75) is 0 Å². The van der Waals surface area contributed by atoms with Crippen LogP contribution in [0.4, 0.5) is 0 Å². The second-order valence-corrected chi connectivity index (χ2v) is 5.74. The molecule has 4 aromatic rings. The molecule has 92 valence electrons. The molecule has 4 rings (SSSR count). The van der Waals surface area contributed by atoms with Crippen molar-refractivity contribution in [2.24, 2.45) is 7.05 Å². The van der Waals surface area contributed by atoms with E-state index in [1.54, 1.807) is 0 Å². The number of hydrogen-bond acceptors (Lipinski definition) is 1. The number of pyridine rings is 1. The van der Waals surface area contributed by atoms with E-state index in [-0.39, 0.29) is 0 Å². The second kappa shape index (κ2) is 3.93. The zero-order chi connectivity index (χ0) is 13.0. The molecular formula is C16H11INO+. The number of fused-ring (bicyclic) bond motifs is 4. The Kier molecular flexibility index (Phi) is 2.33. The maximum Gasteiger partial charge on any atom is 0.260 e. The Hall–Kier alpha value is -1.62. The monoisotopic (exact) mass is 360 g/mol. The Labute approximate surface area is 123 Å². The molecule has 0 spiro atoms. The summed E-state index contributed by atoms with van der Waals surface area (Å²) in [7, 11) is 2.10. The predicted molar refractivity (Wildman–Crippen MR) is 85.1 cm³/mol. The van der Waals surface area contributed by atoms with Crippen LogP contribution < -0.4 is 4.57 Å². The molecule has 0 aliphatic rings. The first kappa shape index (κ1) is 11.2. The number of para-hydroxylation sites is 2. The average molecular weight is 360 g/mol.